The summed E-state index contributed by atoms with van der Waals surface area (Å²) in [6.07, 6.45) is 8.35. The fraction of sp³-hybridized carbons (Fsp3) is 1.00. The molecule has 0 aliphatic carbocycles. The van der Waals surface area contributed by atoms with Gasteiger partial charge in [-0.05, 0) is 25.7 Å². The van der Waals surface area contributed by atoms with Gasteiger partial charge < -0.3 is 9.47 Å². The molecule has 2 fully saturated rings. The van der Waals surface area contributed by atoms with E-state index in [0.29, 0.717) is 32.5 Å². The maximum Gasteiger partial charge on any atom is 0.211 e. The first-order chi connectivity index (χ1) is 15.0. The number of nitrogens with zero attached hydrogens (tertiary/aromatic N) is 2. The van der Waals surface area contributed by atoms with E-state index in [-0.39, 0.29) is 5.60 Å². The van der Waals surface area contributed by atoms with Crippen LogP contribution >= 0.6 is 0 Å². The van der Waals surface area contributed by atoms with Gasteiger partial charge in [0.1, 0.15) is 0 Å². The van der Waals surface area contributed by atoms with Crippen molar-refractivity contribution in [3.8, 4) is 0 Å². The number of piperidine rings is 2. The number of ether oxygens (including phenoxy) is 2. The Kier molecular flexibility index (Phi) is 22.9. The van der Waals surface area contributed by atoms with Crippen LogP contribution in [0.5, 0.6) is 0 Å². The lowest BCUT2D eigenvalue weighted by Crippen LogP contribution is -2.49. The molecule has 2 heterocycles. The summed E-state index contributed by atoms with van der Waals surface area (Å²) in [7, 11) is -2.68. The minimum absolute atomic E-state index is 0.310. The molecule has 198 valence electrons. The predicted octanol–water partition coefficient (Wildman–Crippen LogP) is 3.97. The summed E-state index contributed by atoms with van der Waals surface area (Å²) in [6.45, 7) is 15.2. The van der Waals surface area contributed by atoms with E-state index in [1.807, 2.05) is 27.7 Å². The average molecular weight is 505 g/mol. The summed E-state index contributed by atoms with van der Waals surface area (Å²) in [5.41, 5.74) is -0.310. The van der Waals surface area contributed by atoms with Gasteiger partial charge in [-0.3, -0.25) is 0 Å². The van der Waals surface area contributed by atoms with E-state index in [9.17, 15) is 16.8 Å². The lowest BCUT2D eigenvalue weighted by molar-refractivity contribution is -0.0898. The summed E-state index contributed by atoms with van der Waals surface area (Å²) >= 11 is 0. The fourth-order valence-electron chi connectivity index (χ4n) is 3.09. The van der Waals surface area contributed by atoms with Gasteiger partial charge in [0.05, 0.1) is 24.7 Å². The van der Waals surface area contributed by atoms with Crippen LogP contribution < -0.4 is 0 Å². The SMILES string of the molecule is CC.CC.CCC.COCC1(OC)CCN(S(C)(=O)=O)CC1.CS(=O)(=O)N1CCCCC1. The molecule has 0 radical (unpaired) electrons. The predicted molar refractivity (Wildman–Crippen MR) is 136 cm³/mol. The number of hydrogen-bond acceptors (Lipinski definition) is 6. The maximum atomic E-state index is 11.3. The number of methoxy groups -OCH3 is 2. The summed E-state index contributed by atoms with van der Waals surface area (Å²) in [5.74, 6) is 0. The second-order valence-electron chi connectivity index (χ2n) is 7.41. The Hall–Kier alpha value is -0.260. The Morgan fingerprint density at radius 1 is 0.719 bits per heavy atom. The molecule has 0 bridgehead atoms. The molecule has 2 aliphatic heterocycles. The molecule has 0 amide bonds. The van der Waals surface area contributed by atoms with Gasteiger partial charge in [-0.25, -0.2) is 25.4 Å². The average Bonchev–Trinajstić information content (AvgIpc) is 2.77. The highest BCUT2D eigenvalue weighted by Crippen LogP contribution is 2.27. The lowest BCUT2D eigenvalue weighted by Gasteiger charge is -2.39. The Labute approximate surface area is 200 Å². The number of rotatable bonds is 5. The van der Waals surface area contributed by atoms with E-state index in [2.05, 4.69) is 13.8 Å². The van der Waals surface area contributed by atoms with Crippen LogP contribution in [-0.4, -0.2) is 90.6 Å². The fourth-order valence-corrected chi connectivity index (χ4v) is 4.86. The van der Waals surface area contributed by atoms with Gasteiger partial charge in [-0.15, -0.1) is 0 Å². The van der Waals surface area contributed by atoms with E-state index in [1.54, 1.807) is 18.5 Å². The molecule has 0 saturated carbocycles. The summed E-state index contributed by atoms with van der Waals surface area (Å²) in [5, 5.41) is 0. The molecule has 0 atom stereocenters. The van der Waals surface area contributed by atoms with Crippen molar-refractivity contribution in [1.29, 1.82) is 0 Å². The number of hydrogen-bond donors (Lipinski definition) is 0. The molecule has 0 unspecified atom stereocenters. The van der Waals surface area contributed by atoms with Crippen molar-refractivity contribution in [2.45, 2.75) is 85.7 Å². The third-order valence-corrected chi connectivity index (χ3v) is 7.33. The summed E-state index contributed by atoms with van der Waals surface area (Å²) in [4.78, 5) is 0. The van der Waals surface area contributed by atoms with Crippen LogP contribution in [0.1, 0.15) is 80.1 Å². The van der Waals surface area contributed by atoms with Crippen molar-refractivity contribution in [1.82, 2.24) is 8.61 Å². The molecule has 0 spiro atoms. The minimum Gasteiger partial charge on any atom is -0.382 e. The summed E-state index contributed by atoms with van der Waals surface area (Å²) in [6, 6.07) is 0. The first-order valence-corrected chi connectivity index (χ1v) is 15.6. The lowest BCUT2D eigenvalue weighted by atomic mass is 9.93. The van der Waals surface area contributed by atoms with Crippen molar-refractivity contribution in [2.24, 2.45) is 0 Å². The molecule has 0 aromatic rings. The Bertz CT molecular complexity index is 610. The van der Waals surface area contributed by atoms with Crippen LogP contribution in [0.3, 0.4) is 0 Å². The van der Waals surface area contributed by atoms with Gasteiger partial charge in [-0.1, -0.05) is 54.4 Å². The first kappa shape index (κ1) is 36.3. The molecule has 0 aromatic heterocycles. The van der Waals surface area contributed by atoms with Crippen LogP contribution in [0.2, 0.25) is 0 Å². The van der Waals surface area contributed by atoms with Crippen molar-refractivity contribution >= 4 is 20.0 Å². The van der Waals surface area contributed by atoms with Crippen LogP contribution in [-0.2, 0) is 29.5 Å². The topological polar surface area (TPSA) is 93.2 Å². The highest BCUT2D eigenvalue weighted by molar-refractivity contribution is 7.88. The highest BCUT2D eigenvalue weighted by atomic mass is 32.2. The van der Waals surface area contributed by atoms with Gasteiger partial charge in [0, 0.05) is 40.4 Å². The van der Waals surface area contributed by atoms with Crippen LogP contribution in [0, 0.1) is 0 Å². The van der Waals surface area contributed by atoms with E-state index in [1.165, 1.54) is 29.7 Å². The summed E-state index contributed by atoms with van der Waals surface area (Å²) < 4.78 is 58.0. The highest BCUT2D eigenvalue weighted by Gasteiger charge is 2.37. The normalized spacial score (nSPS) is 18.8. The van der Waals surface area contributed by atoms with Gasteiger partial charge >= 0.3 is 0 Å². The number of sulfonamides is 2. The molecule has 2 aliphatic rings. The van der Waals surface area contributed by atoms with Crippen LogP contribution in [0.25, 0.3) is 0 Å². The van der Waals surface area contributed by atoms with E-state index < -0.39 is 20.0 Å². The molecule has 8 nitrogen and oxygen atoms in total. The molecular weight excluding hydrogens is 452 g/mol. The Balaban J connectivity index is -0.000000427. The molecule has 0 aromatic carbocycles. The van der Waals surface area contributed by atoms with E-state index in [0.717, 1.165) is 25.9 Å². The van der Waals surface area contributed by atoms with Crippen molar-refractivity contribution in [3.05, 3.63) is 0 Å². The standard InChI is InChI=1S/C9H19NO4S.C6H13NO2S.C3H8.2C2H6/c1-13-8-9(14-2)4-6-10(7-5-9)15(3,11)12;1-10(8,9)7-5-3-2-4-6-7;1-3-2;2*1-2/h4-8H2,1-3H3;2-6H2,1H3;3H2,1-2H3;2*1-2H3. The van der Waals surface area contributed by atoms with Crippen LogP contribution in [0.4, 0.5) is 0 Å². The molecule has 2 saturated heterocycles. The van der Waals surface area contributed by atoms with Crippen molar-refractivity contribution in [3.63, 3.8) is 0 Å². The van der Waals surface area contributed by atoms with Gasteiger partial charge in [-0.2, -0.15) is 0 Å². The largest absolute Gasteiger partial charge is 0.382 e. The minimum atomic E-state index is -3.06. The molecular formula is C22H52N2O6S2. The van der Waals surface area contributed by atoms with Crippen molar-refractivity contribution in [2.75, 3.05) is 59.5 Å². The quantitative estimate of drug-likeness (QED) is 0.562. The third kappa shape index (κ3) is 16.4. The zero-order valence-electron chi connectivity index (χ0n) is 22.4. The Morgan fingerprint density at radius 2 is 1.06 bits per heavy atom. The van der Waals surface area contributed by atoms with Crippen LogP contribution in [0.15, 0.2) is 0 Å². The third-order valence-electron chi connectivity index (χ3n) is 4.73. The van der Waals surface area contributed by atoms with Gasteiger partial charge in [0.15, 0.2) is 0 Å². The van der Waals surface area contributed by atoms with Gasteiger partial charge in [0.25, 0.3) is 0 Å². The van der Waals surface area contributed by atoms with E-state index >= 15 is 0 Å². The van der Waals surface area contributed by atoms with E-state index in [4.69, 9.17) is 9.47 Å². The monoisotopic (exact) mass is 504 g/mol. The maximum absolute atomic E-state index is 11.3. The zero-order valence-corrected chi connectivity index (χ0v) is 24.1. The smallest absolute Gasteiger partial charge is 0.211 e. The molecule has 32 heavy (non-hydrogen) atoms. The van der Waals surface area contributed by atoms with Gasteiger partial charge in [0.2, 0.25) is 20.0 Å². The molecule has 10 heteroatoms. The molecule has 0 N–H and O–H groups in total. The molecule has 2 rings (SSSR count). The van der Waals surface area contributed by atoms with Crippen molar-refractivity contribution < 1.29 is 26.3 Å². The first-order valence-electron chi connectivity index (χ1n) is 11.9. The zero-order chi connectivity index (χ0) is 25.8. The Morgan fingerprint density at radius 3 is 1.31 bits per heavy atom. The second-order valence-corrected chi connectivity index (χ2v) is 11.4. The second kappa shape index (κ2) is 20.1.